The smallest absolute Gasteiger partial charge is 0.410 e. The minimum absolute atomic E-state index is 0.143. The van der Waals surface area contributed by atoms with E-state index >= 15 is 0 Å². The average Bonchev–Trinajstić information content (AvgIpc) is 3.22. The molecule has 0 unspecified atom stereocenters. The number of imidazole rings is 1. The lowest BCUT2D eigenvalue weighted by Crippen LogP contribution is -2.45. The van der Waals surface area contributed by atoms with E-state index in [1.54, 1.807) is 0 Å². The number of benzene rings is 1. The Hall–Kier alpha value is -2.61. The molecular formula is C17H22N4O4. The van der Waals surface area contributed by atoms with Crippen LogP contribution in [0.15, 0.2) is 24.3 Å². The van der Waals surface area contributed by atoms with Crippen LogP contribution in [-0.4, -0.2) is 69.7 Å². The van der Waals surface area contributed by atoms with Gasteiger partial charge in [0.2, 0.25) is 0 Å². The fraction of sp³-hybridized carbons (Fsp3) is 0.471. The fourth-order valence-electron chi connectivity index (χ4n) is 3.42. The first-order chi connectivity index (χ1) is 12.2. The number of carbonyl (C=O) groups is 2. The Kier molecular flexibility index (Phi) is 5.49. The van der Waals surface area contributed by atoms with Crippen LogP contribution in [0.1, 0.15) is 18.7 Å². The van der Waals surface area contributed by atoms with Gasteiger partial charge in [0.05, 0.1) is 24.1 Å². The first-order valence-electron chi connectivity index (χ1n) is 8.38. The maximum atomic E-state index is 11.6. The van der Waals surface area contributed by atoms with Crippen LogP contribution in [0.25, 0.3) is 11.0 Å². The number of hydrogen-bond acceptors (Lipinski definition) is 5. The van der Waals surface area contributed by atoms with Gasteiger partial charge in [-0.2, -0.15) is 0 Å². The third-order valence-electron chi connectivity index (χ3n) is 4.60. The van der Waals surface area contributed by atoms with E-state index in [1.807, 2.05) is 23.1 Å². The normalized spacial score (nSPS) is 18.7. The van der Waals surface area contributed by atoms with Crippen LogP contribution < -0.4 is 0 Å². The second-order valence-electron chi connectivity index (χ2n) is 6.12. The molecule has 4 rings (SSSR count). The Balaban J connectivity index is 0.000000569. The molecule has 0 atom stereocenters. The number of rotatable bonds is 3. The molecule has 0 bridgehead atoms. The summed E-state index contributed by atoms with van der Waals surface area (Å²) in [6, 6.07) is 8.44. The number of para-hydroxylation sites is 2. The molecule has 8 heteroatoms. The molecule has 134 valence electrons. The molecule has 2 aliphatic rings. The van der Waals surface area contributed by atoms with E-state index in [0.29, 0.717) is 12.6 Å². The molecule has 8 nitrogen and oxygen atoms in total. The van der Waals surface area contributed by atoms with E-state index in [1.165, 1.54) is 0 Å². The van der Waals surface area contributed by atoms with E-state index in [-0.39, 0.29) is 12.6 Å². The number of amides is 1. The minimum Gasteiger partial charge on any atom is -0.483 e. The number of nitrogens with one attached hydrogen (secondary N) is 1. The Morgan fingerprint density at radius 3 is 2.64 bits per heavy atom. The lowest BCUT2D eigenvalue weighted by Gasteiger charge is -2.35. The van der Waals surface area contributed by atoms with Gasteiger partial charge in [-0.1, -0.05) is 12.1 Å². The number of H-pyrrole nitrogens is 1. The molecule has 0 saturated carbocycles. The summed E-state index contributed by atoms with van der Waals surface area (Å²) in [4.78, 5) is 32.3. The van der Waals surface area contributed by atoms with E-state index < -0.39 is 0 Å². The topological polar surface area (TPSA) is 98.8 Å². The molecule has 2 fully saturated rings. The minimum atomic E-state index is -0.250. The van der Waals surface area contributed by atoms with Gasteiger partial charge in [-0.3, -0.25) is 9.69 Å². The number of carbonyl (C=O) groups excluding carboxylic acids is 1. The molecule has 0 aliphatic carbocycles. The second-order valence-corrected chi connectivity index (χ2v) is 6.12. The van der Waals surface area contributed by atoms with E-state index in [4.69, 9.17) is 14.6 Å². The van der Waals surface area contributed by atoms with Gasteiger partial charge in [0.25, 0.3) is 6.47 Å². The lowest BCUT2D eigenvalue weighted by molar-refractivity contribution is -0.122. The van der Waals surface area contributed by atoms with Gasteiger partial charge in [-0.15, -0.1) is 0 Å². The van der Waals surface area contributed by atoms with Gasteiger partial charge < -0.3 is 19.7 Å². The number of likely N-dealkylation sites (tertiary alicyclic amines) is 1. The van der Waals surface area contributed by atoms with E-state index in [0.717, 1.165) is 55.9 Å². The number of fused-ring (bicyclic) bond motifs is 1. The maximum absolute atomic E-state index is 11.6. The molecule has 2 saturated heterocycles. The number of nitrogens with zero attached hydrogens (tertiary/aromatic N) is 3. The molecule has 2 aliphatic heterocycles. The van der Waals surface area contributed by atoms with Gasteiger partial charge >= 0.3 is 6.09 Å². The standard InChI is InChI=1S/C16H20N4O2.CH2O2/c21-16-20(9-10-22-16)12-5-7-19(8-6-12)11-15-17-13-3-1-2-4-14(13)18-15;2-1-3/h1-4,12H,5-11H2,(H,17,18);1H,(H,2,3). The van der Waals surface area contributed by atoms with Gasteiger partial charge in [0.1, 0.15) is 12.4 Å². The number of cyclic esters (lactones) is 1. The van der Waals surface area contributed by atoms with Crippen LogP contribution in [0, 0.1) is 0 Å². The molecule has 2 aromatic rings. The summed E-state index contributed by atoms with van der Waals surface area (Å²) in [5.41, 5.74) is 2.11. The van der Waals surface area contributed by atoms with Gasteiger partial charge in [-0.05, 0) is 25.0 Å². The van der Waals surface area contributed by atoms with Gasteiger partial charge in [0.15, 0.2) is 0 Å². The van der Waals surface area contributed by atoms with E-state index in [9.17, 15) is 4.79 Å². The van der Waals surface area contributed by atoms with Crippen LogP contribution in [0.3, 0.4) is 0 Å². The highest BCUT2D eigenvalue weighted by Crippen LogP contribution is 2.21. The van der Waals surface area contributed by atoms with Crippen molar-refractivity contribution in [1.29, 1.82) is 0 Å². The summed E-state index contributed by atoms with van der Waals surface area (Å²) in [5, 5.41) is 6.89. The summed E-state index contributed by atoms with van der Waals surface area (Å²) >= 11 is 0. The van der Waals surface area contributed by atoms with Crippen molar-refractivity contribution in [3.05, 3.63) is 30.1 Å². The molecule has 3 heterocycles. The summed E-state index contributed by atoms with van der Waals surface area (Å²) in [5.74, 6) is 1.01. The van der Waals surface area contributed by atoms with Crippen molar-refractivity contribution in [3.8, 4) is 0 Å². The molecule has 1 amide bonds. The molecule has 0 radical (unpaired) electrons. The second kappa shape index (κ2) is 7.98. The number of aromatic nitrogens is 2. The molecule has 1 aromatic carbocycles. The number of aromatic amines is 1. The van der Waals surface area contributed by atoms with Crippen LogP contribution in [0.5, 0.6) is 0 Å². The van der Waals surface area contributed by atoms with Crippen molar-refractivity contribution in [2.45, 2.75) is 25.4 Å². The first kappa shape index (κ1) is 17.2. The fourth-order valence-corrected chi connectivity index (χ4v) is 3.42. The summed E-state index contributed by atoms with van der Waals surface area (Å²) in [6.07, 6.45) is 1.88. The molecule has 1 aromatic heterocycles. The Bertz CT molecular complexity index is 691. The highest BCUT2D eigenvalue weighted by Gasteiger charge is 2.32. The molecule has 2 N–H and O–H groups in total. The summed E-state index contributed by atoms with van der Waals surface area (Å²) < 4.78 is 5.03. The zero-order valence-corrected chi connectivity index (χ0v) is 13.9. The summed E-state index contributed by atoms with van der Waals surface area (Å²) in [6.45, 7) is 3.86. The Morgan fingerprint density at radius 2 is 2.00 bits per heavy atom. The van der Waals surface area contributed by atoms with Crippen LogP contribution in [-0.2, 0) is 16.1 Å². The predicted octanol–water partition coefficient (Wildman–Crippen LogP) is 1.68. The number of carboxylic acid groups (broad SMARTS) is 1. The van der Waals surface area contributed by atoms with Crippen molar-refractivity contribution in [2.75, 3.05) is 26.2 Å². The zero-order valence-electron chi connectivity index (χ0n) is 13.9. The zero-order chi connectivity index (χ0) is 17.6. The number of ether oxygens (including phenoxy) is 1. The third-order valence-corrected chi connectivity index (χ3v) is 4.60. The quantitative estimate of drug-likeness (QED) is 0.821. The lowest BCUT2D eigenvalue weighted by atomic mass is 10.0. The molecular weight excluding hydrogens is 324 g/mol. The van der Waals surface area contributed by atoms with Crippen LogP contribution in [0.2, 0.25) is 0 Å². The van der Waals surface area contributed by atoms with Gasteiger partial charge in [-0.25, -0.2) is 9.78 Å². The summed E-state index contributed by atoms with van der Waals surface area (Å²) in [7, 11) is 0. The average molecular weight is 346 g/mol. The third kappa shape index (κ3) is 4.08. The van der Waals surface area contributed by atoms with Crippen LogP contribution in [0.4, 0.5) is 4.79 Å². The Morgan fingerprint density at radius 1 is 1.28 bits per heavy atom. The van der Waals surface area contributed by atoms with Crippen molar-refractivity contribution < 1.29 is 19.4 Å². The first-order valence-corrected chi connectivity index (χ1v) is 8.38. The number of piperidine rings is 1. The van der Waals surface area contributed by atoms with Gasteiger partial charge in [0, 0.05) is 19.1 Å². The van der Waals surface area contributed by atoms with Crippen molar-refractivity contribution in [3.63, 3.8) is 0 Å². The highest BCUT2D eigenvalue weighted by molar-refractivity contribution is 5.74. The Labute approximate surface area is 145 Å². The van der Waals surface area contributed by atoms with Crippen LogP contribution >= 0.6 is 0 Å². The predicted molar refractivity (Wildman–Crippen MR) is 91.1 cm³/mol. The van der Waals surface area contributed by atoms with E-state index in [2.05, 4.69) is 20.9 Å². The SMILES string of the molecule is O=C1OCCN1C1CCN(Cc2nc3ccccc3[nH]2)CC1.O=CO. The largest absolute Gasteiger partial charge is 0.483 e. The van der Waals surface area contributed by atoms with Crippen molar-refractivity contribution in [1.82, 2.24) is 19.8 Å². The molecule has 0 spiro atoms. The maximum Gasteiger partial charge on any atom is 0.410 e. The highest BCUT2D eigenvalue weighted by atomic mass is 16.6. The molecule has 25 heavy (non-hydrogen) atoms. The monoisotopic (exact) mass is 346 g/mol. The van der Waals surface area contributed by atoms with Crippen molar-refractivity contribution in [2.24, 2.45) is 0 Å². The number of hydrogen-bond donors (Lipinski definition) is 2. The van der Waals surface area contributed by atoms with Crippen molar-refractivity contribution >= 4 is 23.6 Å².